The Morgan fingerprint density at radius 2 is 2.10 bits per heavy atom. The molecule has 0 aliphatic heterocycles. The van der Waals surface area contributed by atoms with Crippen LogP contribution in [0.2, 0.25) is 5.02 Å². The van der Waals surface area contributed by atoms with Gasteiger partial charge in [-0.1, -0.05) is 25.4 Å². The summed E-state index contributed by atoms with van der Waals surface area (Å²) in [5.41, 5.74) is 3.21. The fraction of sp³-hybridized carbons (Fsp3) is 0.438. The molecule has 0 radical (unpaired) electrons. The maximum atomic E-state index is 6.17. The fourth-order valence-electron chi connectivity index (χ4n) is 2.50. The molecular weight excluding hydrogens is 286 g/mol. The highest BCUT2D eigenvalue weighted by atomic mass is 35.5. The summed E-state index contributed by atoms with van der Waals surface area (Å²) < 4.78 is 7.42. The van der Waals surface area contributed by atoms with Crippen LogP contribution in [0.5, 0.6) is 5.75 Å². The number of aromatic nitrogens is 2. The number of hydrogen-bond donors (Lipinski definition) is 1. The minimum atomic E-state index is 0.00134. The van der Waals surface area contributed by atoms with Crippen molar-refractivity contribution in [3.63, 3.8) is 0 Å². The van der Waals surface area contributed by atoms with E-state index in [-0.39, 0.29) is 6.04 Å². The summed E-state index contributed by atoms with van der Waals surface area (Å²) in [4.78, 5) is 0. The predicted octanol–water partition coefficient (Wildman–Crippen LogP) is 3.34. The molecule has 1 unspecified atom stereocenters. The molecule has 0 aliphatic carbocycles. The molecule has 0 amide bonds. The molecule has 0 bridgehead atoms. The first-order valence-electron chi connectivity index (χ1n) is 7.20. The highest BCUT2D eigenvalue weighted by molar-refractivity contribution is 6.30. The van der Waals surface area contributed by atoms with Gasteiger partial charge in [-0.3, -0.25) is 4.68 Å². The average molecular weight is 308 g/mol. The highest BCUT2D eigenvalue weighted by Gasteiger charge is 2.21. The van der Waals surface area contributed by atoms with Gasteiger partial charge in [-0.2, -0.15) is 5.10 Å². The lowest BCUT2D eigenvalue weighted by atomic mass is 10.0. The standard InChI is InChI=1S/C16H22ClN3O/c1-5-12-10-14(20(3)19-12)16(18-6-2)13-9-11(17)7-8-15(13)21-4/h7-10,16,18H,5-6H2,1-4H3. The van der Waals surface area contributed by atoms with Gasteiger partial charge in [0.25, 0.3) is 0 Å². The maximum Gasteiger partial charge on any atom is 0.124 e. The van der Waals surface area contributed by atoms with Gasteiger partial charge < -0.3 is 10.1 Å². The summed E-state index contributed by atoms with van der Waals surface area (Å²) in [6, 6.07) is 7.83. The van der Waals surface area contributed by atoms with E-state index in [1.807, 2.05) is 29.9 Å². The second-order valence-electron chi connectivity index (χ2n) is 4.91. The van der Waals surface area contributed by atoms with Crippen LogP contribution in [-0.4, -0.2) is 23.4 Å². The van der Waals surface area contributed by atoms with Crippen molar-refractivity contribution < 1.29 is 4.74 Å². The largest absolute Gasteiger partial charge is 0.496 e. The molecule has 5 heteroatoms. The van der Waals surface area contributed by atoms with Gasteiger partial charge in [0, 0.05) is 17.6 Å². The van der Waals surface area contributed by atoms with Gasteiger partial charge in [0.15, 0.2) is 0 Å². The Hall–Kier alpha value is -1.52. The molecule has 0 fully saturated rings. The number of halogens is 1. The van der Waals surface area contributed by atoms with E-state index in [9.17, 15) is 0 Å². The van der Waals surface area contributed by atoms with Crippen molar-refractivity contribution >= 4 is 11.6 Å². The van der Waals surface area contributed by atoms with E-state index in [2.05, 4.69) is 30.3 Å². The summed E-state index contributed by atoms with van der Waals surface area (Å²) in [6.45, 7) is 5.03. The van der Waals surface area contributed by atoms with Gasteiger partial charge in [-0.15, -0.1) is 0 Å². The van der Waals surface area contributed by atoms with Crippen LogP contribution in [0.4, 0.5) is 0 Å². The topological polar surface area (TPSA) is 39.1 Å². The van der Waals surface area contributed by atoms with Gasteiger partial charge in [0.2, 0.25) is 0 Å². The summed E-state index contributed by atoms with van der Waals surface area (Å²) in [5, 5.41) is 8.74. The van der Waals surface area contributed by atoms with Crippen molar-refractivity contribution in [2.75, 3.05) is 13.7 Å². The Morgan fingerprint density at radius 3 is 2.67 bits per heavy atom. The van der Waals surface area contributed by atoms with Crippen LogP contribution >= 0.6 is 11.6 Å². The van der Waals surface area contributed by atoms with E-state index in [0.29, 0.717) is 5.02 Å². The fourth-order valence-corrected chi connectivity index (χ4v) is 2.68. The first-order chi connectivity index (χ1) is 10.1. The maximum absolute atomic E-state index is 6.17. The molecule has 1 heterocycles. The van der Waals surface area contributed by atoms with Crippen LogP contribution in [0.1, 0.15) is 36.8 Å². The first kappa shape index (κ1) is 15.9. The molecule has 1 aromatic carbocycles. The second kappa shape index (κ2) is 6.96. The molecule has 2 aromatic rings. The second-order valence-corrected chi connectivity index (χ2v) is 5.35. The zero-order valence-corrected chi connectivity index (χ0v) is 13.7. The third kappa shape index (κ3) is 3.39. The Labute approximate surface area is 131 Å². The first-order valence-corrected chi connectivity index (χ1v) is 7.58. The van der Waals surface area contributed by atoms with E-state index in [0.717, 1.165) is 35.7 Å². The monoisotopic (exact) mass is 307 g/mol. The average Bonchev–Trinajstić information content (AvgIpc) is 2.85. The molecule has 1 N–H and O–H groups in total. The number of ether oxygens (including phenoxy) is 1. The minimum absolute atomic E-state index is 0.00134. The zero-order valence-electron chi connectivity index (χ0n) is 13.0. The van der Waals surface area contributed by atoms with E-state index in [4.69, 9.17) is 16.3 Å². The smallest absolute Gasteiger partial charge is 0.124 e. The van der Waals surface area contributed by atoms with Crippen LogP contribution in [0.25, 0.3) is 0 Å². The number of methoxy groups -OCH3 is 1. The molecule has 0 aliphatic rings. The van der Waals surface area contributed by atoms with Crippen molar-refractivity contribution in [1.29, 1.82) is 0 Å². The Balaban J connectivity index is 2.52. The predicted molar refractivity (Wildman–Crippen MR) is 86.1 cm³/mol. The number of rotatable bonds is 6. The Bertz CT molecular complexity index is 610. The molecule has 2 rings (SSSR count). The molecule has 1 atom stereocenters. The third-order valence-corrected chi connectivity index (χ3v) is 3.77. The number of benzene rings is 1. The van der Waals surface area contributed by atoms with E-state index in [1.165, 1.54) is 0 Å². The molecule has 0 spiro atoms. The summed E-state index contributed by atoms with van der Waals surface area (Å²) in [5.74, 6) is 0.824. The van der Waals surface area contributed by atoms with Crippen molar-refractivity contribution in [3.8, 4) is 5.75 Å². The minimum Gasteiger partial charge on any atom is -0.496 e. The molecule has 21 heavy (non-hydrogen) atoms. The van der Waals surface area contributed by atoms with Gasteiger partial charge in [-0.25, -0.2) is 0 Å². The molecule has 1 aromatic heterocycles. The summed E-state index contributed by atoms with van der Waals surface area (Å²) in [7, 11) is 3.65. The van der Waals surface area contributed by atoms with Crippen LogP contribution in [0.15, 0.2) is 24.3 Å². The summed E-state index contributed by atoms with van der Waals surface area (Å²) in [6.07, 6.45) is 0.916. The number of nitrogens with one attached hydrogen (secondary N) is 1. The Morgan fingerprint density at radius 1 is 1.33 bits per heavy atom. The van der Waals surface area contributed by atoms with E-state index < -0.39 is 0 Å². The normalized spacial score (nSPS) is 12.4. The number of aryl methyl sites for hydroxylation is 2. The van der Waals surface area contributed by atoms with Crippen LogP contribution < -0.4 is 10.1 Å². The van der Waals surface area contributed by atoms with Crippen LogP contribution in [0.3, 0.4) is 0 Å². The highest BCUT2D eigenvalue weighted by Crippen LogP contribution is 2.32. The number of hydrogen-bond acceptors (Lipinski definition) is 3. The van der Waals surface area contributed by atoms with Crippen molar-refractivity contribution in [2.24, 2.45) is 7.05 Å². The SMILES string of the molecule is CCNC(c1cc(Cl)ccc1OC)c1cc(CC)nn1C. The molecular formula is C16H22ClN3O. The van der Waals surface area contributed by atoms with Crippen molar-refractivity contribution in [3.05, 3.63) is 46.2 Å². The van der Waals surface area contributed by atoms with Gasteiger partial charge in [0.05, 0.1) is 24.5 Å². The Kier molecular flexibility index (Phi) is 5.26. The number of nitrogens with zero attached hydrogens (tertiary/aromatic N) is 2. The van der Waals surface area contributed by atoms with Gasteiger partial charge in [0.1, 0.15) is 5.75 Å². The van der Waals surface area contributed by atoms with E-state index >= 15 is 0 Å². The van der Waals surface area contributed by atoms with Gasteiger partial charge >= 0.3 is 0 Å². The van der Waals surface area contributed by atoms with Crippen molar-refractivity contribution in [1.82, 2.24) is 15.1 Å². The molecule has 0 saturated carbocycles. The van der Waals surface area contributed by atoms with Crippen LogP contribution in [-0.2, 0) is 13.5 Å². The zero-order chi connectivity index (χ0) is 15.4. The lowest BCUT2D eigenvalue weighted by Crippen LogP contribution is -2.24. The lowest BCUT2D eigenvalue weighted by molar-refractivity contribution is 0.403. The molecule has 0 saturated heterocycles. The quantitative estimate of drug-likeness (QED) is 0.889. The molecule has 4 nitrogen and oxygen atoms in total. The van der Waals surface area contributed by atoms with Crippen molar-refractivity contribution in [2.45, 2.75) is 26.3 Å². The molecule has 114 valence electrons. The lowest BCUT2D eigenvalue weighted by Gasteiger charge is -2.21. The van der Waals surface area contributed by atoms with Gasteiger partial charge in [-0.05, 0) is 37.2 Å². The third-order valence-electron chi connectivity index (χ3n) is 3.54. The summed E-state index contributed by atoms with van der Waals surface area (Å²) >= 11 is 6.17. The van der Waals surface area contributed by atoms with Crippen LogP contribution in [0, 0.1) is 0 Å². The van der Waals surface area contributed by atoms with E-state index in [1.54, 1.807) is 7.11 Å².